The summed E-state index contributed by atoms with van der Waals surface area (Å²) < 4.78 is 5.19. The highest BCUT2D eigenvalue weighted by molar-refractivity contribution is 7.81. The fourth-order valence-electron chi connectivity index (χ4n) is 2.83. The number of fused-ring (bicyclic) bond motifs is 1. The first-order chi connectivity index (χ1) is 14.0. The second-order valence-electron chi connectivity index (χ2n) is 6.91. The van der Waals surface area contributed by atoms with Gasteiger partial charge in [0.25, 0.3) is 5.56 Å². The highest BCUT2D eigenvalue weighted by atomic mass is 32.1. The van der Waals surface area contributed by atoms with Gasteiger partial charge >= 0.3 is 0 Å². The second-order valence-corrected chi connectivity index (χ2v) is 7.64. The van der Waals surface area contributed by atoms with E-state index in [0.29, 0.717) is 6.61 Å². The molecule has 3 N–H and O–H groups in total. The number of methoxy groups -OCH3 is 1. The fraction of sp³-hybridized carbons (Fsp3) is 0.381. The maximum atomic E-state index is 11.5. The number of nitrogen functional groups attached to an aromatic ring is 1. The molecular formula is C21H27N5O2S. The number of likely N-dealkylation sites (N-methyl/N-ethyl adjacent to an activating group) is 1. The Morgan fingerprint density at radius 2 is 2.03 bits per heavy atom. The third kappa shape index (κ3) is 5.48. The average molecular weight is 414 g/mol. The quantitative estimate of drug-likeness (QED) is 0.537. The first kappa shape index (κ1) is 21.1. The van der Waals surface area contributed by atoms with Gasteiger partial charge in [-0.2, -0.15) is 12.6 Å². The van der Waals surface area contributed by atoms with Crippen molar-refractivity contribution in [3.63, 3.8) is 0 Å². The smallest absolute Gasteiger partial charge is 0.271 e. The van der Waals surface area contributed by atoms with Crippen LogP contribution < -0.4 is 16.2 Å². The summed E-state index contributed by atoms with van der Waals surface area (Å²) in [6.07, 6.45) is 5.93. The lowest BCUT2D eigenvalue weighted by Crippen LogP contribution is -2.27. The number of ether oxygens (including phenoxy) is 1. The summed E-state index contributed by atoms with van der Waals surface area (Å²) in [7, 11) is 1.69. The van der Waals surface area contributed by atoms with E-state index in [2.05, 4.69) is 39.4 Å². The summed E-state index contributed by atoms with van der Waals surface area (Å²) in [6.45, 7) is 4.26. The maximum absolute atomic E-state index is 11.5. The van der Waals surface area contributed by atoms with Gasteiger partial charge in [-0.25, -0.2) is 9.97 Å². The van der Waals surface area contributed by atoms with Crippen molar-refractivity contribution >= 4 is 35.0 Å². The number of hydrogen-bond donors (Lipinski definition) is 3. The third-order valence-electron chi connectivity index (χ3n) is 4.67. The van der Waals surface area contributed by atoms with Gasteiger partial charge in [0.2, 0.25) is 0 Å². The Balaban J connectivity index is 0.000000536. The van der Waals surface area contributed by atoms with Gasteiger partial charge in [-0.05, 0) is 43.5 Å². The van der Waals surface area contributed by atoms with Gasteiger partial charge in [0.05, 0.1) is 17.8 Å². The number of thiol groups is 1. The Morgan fingerprint density at radius 3 is 2.66 bits per heavy atom. The van der Waals surface area contributed by atoms with Crippen LogP contribution in [-0.2, 0) is 4.74 Å². The van der Waals surface area contributed by atoms with Crippen LogP contribution in [0.4, 0.5) is 11.5 Å². The van der Waals surface area contributed by atoms with Gasteiger partial charge in [-0.3, -0.25) is 4.79 Å². The van der Waals surface area contributed by atoms with Gasteiger partial charge in [0.15, 0.2) is 0 Å². The number of aromatic amines is 1. The lowest BCUT2D eigenvalue weighted by Gasteiger charge is -2.22. The lowest BCUT2D eigenvalue weighted by atomic mass is 10.0. The van der Waals surface area contributed by atoms with Crippen LogP contribution in [0.2, 0.25) is 0 Å². The van der Waals surface area contributed by atoms with E-state index in [4.69, 9.17) is 10.5 Å². The number of hydrogen-bond acceptors (Lipinski definition) is 7. The zero-order valence-electron chi connectivity index (χ0n) is 16.8. The number of nitrogens with one attached hydrogen (secondary N) is 1. The molecule has 1 aliphatic rings. The van der Waals surface area contributed by atoms with E-state index in [1.807, 2.05) is 18.2 Å². The topological polar surface area (TPSA) is 97.1 Å². The number of pyridine rings is 1. The van der Waals surface area contributed by atoms with Crippen molar-refractivity contribution < 1.29 is 4.74 Å². The molecule has 0 radical (unpaired) electrons. The normalized spacial score (nSPS) is 13.1. The summed E-state index contributed by atoms with van der Waals surface area (Å²) >= 11 is 4.08. The number of aromatic nitrogens is 3. The fourth-order valence-corrected chi connectivity index (χ4v) is 2.98. The van der Waals surface area contributed by atoms with Crippen LogP contribution in [0.1, 0.15) is 19.8 Å². The van der Waals surface area contributed by atoms with E-state index in [1.54, 1.807) is 25.7 Å². The van der Waals surface area contributed by atoms with Gasteiger partial charge in [-0.1, -0.05) is 6.07 Å². The van der Waals surface area contributed by atoms with Crippen molar-refractivity contribution in [2.45, 2.75) is 25.0 Å². The zero-order valence-corrected chi connectivity index (χ0v) is 17.7. The molecule has 0 bridgehead atoms. The molecule has 1 saturated carbocycles. The molecule has 0 atom stereocenters. The van der Waals surface area contributed by atoms with Crippen LogP contribution in [0.5, 0.6) is 0 Å². The minimum atomic E-state index is -0.287. The van der Waals surface area contributed by atoms with Gasteiger partial charge in [0.1, 0.15) is 12.1 Å². The Bertz CT molecular complexity index is 1020. The van der Waals surface area contributed by atoms with Gasteiger partial charge in [-0.15, -0.1) is 0 Å². The molecular weight excluding hydrogens is 386 g/mol. The molecule has 29 heavy (non-hydrogen) atoms. The summed E-state index contributed by atoms with van der Waals surface area (Å²) in [5.41, 5.74) is 8.28. The number of H-pyrrole nitrogens is 1. The van der Waals surface area contributed by atoms with Crippen molar-refractivity contribution in [1.29, 1.82) is 0 Å². The van der Waals surface area contributed by atoms with Crippen LogP contribution >= 0.6 is 12.6 Å². The van der Waals surface area contributed by atoms with Crippen LogP contribution in [0.25, 0.3) is 22.0 Å². The predicted molar refractivity (Wildman–Crippen MR) is 122 cm³/mol. The number of nitrogens with two attached hydrogens (primary N) is 1. The molecule has 0 spiro atoms. The Morgan fingerprint density at radius 1 is 1.28 bits per heavy atom. The molecule has 1 aliphatic carbocycles. The molecule has 2 heterocycles. The van der Waals surface area contributed by atoms with Gasteiger partial charge < -0.3 is 20.4 Å². The van der Waals surface area contributed by atoms with Crippen molar-refractivity contribution in [1.82, 2.24) is 15.0 Å². The third-order valence-corrected chi connectivity index (χ3v) is 5.19. The van der Waals surface area contributed by atoms with Crippen LogP contribution in [0, 0.1) is 0 Å². The minimum absolute atomic E-state index is 0.192. The molecule has 8 heteroatoms. The minimum Gasteiger partial charge on any atom is -0.394 e. The Kier molecular flexibility index (Phi) is 7.11. The number of rotatable bonds is 6. The van der Waals surface area contributed by atoms with Crippen LogP contribution in [-0.4, -0.2) is 47.0 Å². The van der Waals surface area contributed by atoms with Crippen molar-refractivity contribution in [2.24, 2.45) is 0 Å². The summed E-state index contributed by atoms with van der Waals surface area (Å²) in [4.78, 5) is 25.1. The van der Waals surface area contributed by atoms with E-state index in [1.165, 1.54) is 12.8 Å². The molecule has 2 aromatic heterocycles. The molecule has 7 nitrogen and oxygen atoms in total. The standard InChI is InChI=1S/C18H21N5O2.C3H6S/c1-3-23(6-7-25-2)17-14-8-12(4-5-16(14)21-11-22-17)13-9-15(19)18(24)20-10-13;4-3-1-2-3/h4-5,8-11H,3,6-7,19H2,1-2H3,(H,20,24);3-4H,1-2H2. The zero-order chi connectivity index (χ0) is 20.8. The molecule has 0 amide bonds. The maximum Gasteiger partial charge on any atom is 0.271 e. The van der Waals surface area contributed by atoms with Crippen molar-refractivity contribution in [2.75, 3.05) is 37.4 Å². The van der Waals surface area contributed by atoms with Crippen molar-refractivity contribution in [3.8, 4) is 11.1 Å². The highest BCUT2D eigenvalue weighted by Gasteiger charge is 2.14. The van der Waals surface area contributed by atoms with E-state index in [9.17, 15) is 4.79 Å². The predicted octanol–water partition coefficient (Wildman–Crippen LogP) is 3.12. The van der Waals surface area contributed by atoms with E-state index < -0.39 is 0 Å². The SMILES string of the molecule is CCN(CCOC)c1ncnc2ccc(-c3c[nH]c(=O)c(N)c3)cc12.SC1CC1. The molecule has 3 aromatic rings. The number of anilines is 2. The molecule has 0 unspecified atom stereocenters. The summed E-state index contributed by atoms with van der Waals surface area (Å²) in [5.74, 6) is 0.865. The highest BCUT2D eigenvalue weighted by Crippen LogP contribution is 2.28. The summed E-state index contributed by atoms with van der Waals surface area (Å²) in [6, 6.07) is 7.60. The lowest BCUT2D eigenvalue weighted by molar-refractivity contribution is 0.205. The van der Waals surface area contributed by atoms with Crippen LogP contribution in [0.3, 0.4) is 0 Å². The first-order valence-corrected chi connectivity index (χ1v) is 10.2. The largest absolute Gasteiger partial charge is 0.394 e. The Hall–Kier alpha value is -2.58. The number of nitrogens with zero attached hydrogens (tertiary/aromatic N) is 3. The monoisotopic (exact) mass is 413 g/mol. The van der Waals surface area contributed by atoms with Crippen molar-refractivity contribution in [3.05, 3.63) is 47.1 Å². The number of benzene rings is 1. The molecule has 154 valence electrons. The van der Waals surface area contributed by atoms with E-state index >= 15 is 0 Å². The second kappa shape index (κ2) is 9.76. The van der Waals surface area contributed by atoms with E-state index in [-0.39, 0.29) is 11.2 Å². The molecule has 0 aliphatic heterocycles. The molecule has 0 saturated heterocycles. The summed E-state index contributed by atoms with van der Waals surface area (Å²) in [5, 5.41) is 1.72. The van der Waals surface area contributed by atoms with Gasteiger partial charge in [0, 0.05) is 42.6 Å². The Labute approximate surface area is 175 Å². The molecule has 1 aromatic carbocycles. The van der Waals surface area contributed by atoms with Crippen LogP contribution in [0.15, 0.2) is 41.6 Å². The van der Waals surface area contributed by atoms with E-state index in [0.717, 1.165) is 46.2 Å². The first-order valence-electron chi connectivity index (χ1n) is 9.68. The average Bonchev–Trinajstić information content (AvgIpc) is 3.53. The molecule has 1 fully saturated rings. The molecule has 4 rings (SSSR count).